The Morgan fingerprint density at radius 1 is 1.27 bits per heavy atom. The Bertz CT molecular complexity index is 628. The van der Waals surface area contributed by atoms with Crippen LogP contribution in [0.3, 0.4) is 0 Å². The predicted molar refractivity (Wildman–Crippen MR) is 80.8 cm³/mol. The molecule has 0 saturated heterocycles. The fraction of sp³-hybridized carbons (Fsp3) is 0.400. The first-order valence-electron chi connectivity index (χ1n) is 6.93. The number of benzene rings is 1. The number of rotatable bonds is 6. The fourth-order valence-corrected chi connectivity index (χ4v) is 2.13. The molecule has 2 rings (SSSR count). The van der Waals surface area contributed by atoms with Gasteiger partial charge >= 0.3 is 0 Å². The first-order chi connectivity index (χ1) is 10.6. The van der Waals surface area contributed by atoms with Gasteiger partial charge in [-0.1, -0.05) is 0 Å². The SMILES string of the molecule is COc1ccc(OC)c([C@H](C)NC(=O)[C@@H](C)n2cncn2)c1. The van der Waals surface area contributed by atoms with Gasteiger partial charge in [0, 0.05) is 5.56 Å². The Balaban J connectivity index is 2.14. The maximum absolute atomic E-state index is 12.3. The largest absolute Gasteiger partial charge is 0.497 e. The van der Waals surface area contributed by atoms with E-state index in [0.29, 0.717) is 11.5 Å². The third-order valence-corrected chi connectivity index (χ3v) is 3.48. The molecular weight excluding hydrogens is 284 g/mol. The van der Waals surface area contributed by atoms with Crippen LogP contribution in [0.2, 0.25) is 0 Å². The van der Waals surface area contributed by atoms with Crippen molar-refractivity contribution in [1.29, 1.82) is 0 Å². The van der Waals surface area contributed by atoms with Crippen molar-refractivity contribution in [2.75, 3.05) is 14.2 Å². The zero-order valence-corrected chi connectivity index (χ0v) is 13.1. The van der Waals surface area contributed by atoms with Crippen molar-refractivity contribution in [1.82, 2.24) is 20.1 Å². The van der Waals surface area contributed by atoms with E-state index in [9.17, 15) is 4.79 Å². The summed E-state index contributed by atoms with van der Waals surface area (Å²) < 4.78 is 12.1. The van der Waals surface area contributed by atoms with Crippen LogP contribution in [0.15, 0.2) is 30.9 Å². The molecule has 0 fully saturated rings. The van der Waals surface area contributed by atoms with E-state index < -0.39 is 6.04 Å². The van der Waals surface area contributed by atoms with Crippen LogP contribution >= 0.6 is 0 Å². The molecule has 0 radical (unpaired) electrons. The van der Waals surface area contributed by atoms with Gasteiger partial charge in [-0.15, -0.1) is 0 Å². The number of carbonyl (C=O) groups is 1. The quantitative estimate of drug-likeness (QED) is 0.879. The van der Waals surface area contributed by atoms with Gasteiger partial charge in [-0.05, 0) is 32.0 Å². The van der Waals surface area contributed by atoms with Crippen molar-refractivity contribution < 1.29 is 14.3 Å². The highest BCUT2D eigenvalue weighted by Gasteiger charge is 2.20. The van der Waals surface area contributed by atoms with E-state index >= 15 is 0 Å². The van der Waals surface area contributed by atoms with Crippen LogP contribution < -0.4 is 14.8 Å². The average molecular weight is 304 g/mol. The minimum atomic E-state index is -0.443. The molecule has 1 heterocycles. The highest BCUT2D eigenvalue weighted by atomic mass is 16.5. The molecule has 7 nitrogen and oxygen atoms in total. The summed E-state index contributed by atoms with van der Waals surface area (Å²) in [5.74, 6) is 1.26. The van der Waals surface area contributed by atoms with Gasteiger partial charge in [0.05, 0.1) is 20.3 Å². The molecular formula is C15H20N4O3. The van der Waals surface area contributed by atoms with E-state index in [1.807, 2.05) is 25.1 Å². The fourth-order valence-electron chi connectivity index (χ4n) is 2.13. The Hall–Kier alpha value is -2.57. The third-order valence-electron chi connectivity index (χ3n) is 3.48. The van der Waals surface area contributed by atoms with Crippen LogP contribution in [0.25, 0.3) is 0 Å². The van der Waals surface area contributed by atoms with E-state index in [1.165, 1.54) is 17.3 Å². The minimum absolute atomic E-state index is 0.150. The highest BCUT2D eigenvalue weighted by molar-refractivity contribution is 5.80. The lowest BCUT2D eigenvalue weighted by molar-refractivity contribution is -0.124. The molecule has 1 N–H and O–H groups in total. The van der Waals surface area contributed by atoms with Gasteiger partial charge in [0.15, 0.2) is 0 Å². The van der Waals surface area contributed by atoms with E-state index in [1.54, 1.807) is 21.1 Å². The summed E-state index contributed by atoms with van der Waals surface area (Å²) in [6.45, 7) is 3.66. The average Bonchev–Trinajstić information content (AvgIpc) is 3.07. The Morgan fingerprint density at radius 3 is 2.64 bits per heavy atom. The molecule has 0 saturated carbocycles. The molecule has 2 atom stereocenters. The molecule has 7 heteroatoms. The standard InChI is InChI=1S/C15H20N4O3/c1-10(13-7-12(21-3)5-6-14(13)22-4)18-15(20)11(2)19-9-16-8-17-19/h5-11H,1-4H3,(H,18,20)/t10-,11+/m0/s1. The zero-order valence-electron chi connectivity index (χ0n) is 13.1. The number of methoxy groups -OCH3 is 2. The lowest BCUT2D eigenvalue weighted by atomic mass is 10.1. The van der Waals surface area contributed by atoms with Crippen molar-refractivity contribution in [3.8, 4) is 11.5 Å². The van der Waals surface area contributed by atoms with Gasteiger partial charge in [-0.2, -0.15) is 5.10 Å². The van der Waals surface area contributed by atoms with Gasteiger partial charge in [0.2, 0.25) is 5.91 Å². The predicted octanol–water partition coefficient (Wildman–Crippen LogP) is 1.73. The Kier molecular flexibility index (Phi) is 4.98. The van der Waals surface area contributed by atoms with Crippen LogP contribution in [0.1, 0.15) is 31.5 Å². The summed E-state index contributed by atoms with van der Waals surface area (Å²) in [5, 5.41) is 6.93. The molecule has 0 aliphatic carbocycles. The van der Waals surface area contributed by atoms with Crippen molar-refractivity contribution in [3.63, 3.8) is 0 Å². The molecule has 0 aliphatic heterocycles. The lowest BCUT2D eigenvalue weighted by Crippen LogP contribution is -2.33. The maximum Gasteiger partial charge on any atom is 0.245 e. The van der Waals surface area contributed by atoms with Crippen LogP contribution in [-0.4, -0.2) is 34.9 Å². The molecule has 0 spiro atoms. The van der Waals surface area contributed by atoms with Gasteiger partial charge in [0.1, 0.15) is 30.2 Å². The lowest BCUT2D eigenvalue weighted by Gasteiger charge is -2.20. The third kappa shape index (κ3) is 3.36. The number of nitrogens with one attached hydrogen (secondary N) is 1. The molecule has 2 aromatic rings. The first-order valence-corrected chi connectivity index (χ1v) is 6.93. The van der Waals surface area contributed by atoms with Crippen molar-refractivity contribution in [2.45, 2.75) is 25.9 Å². The summed E-state index contributed by atoms with van der Waals surface area (Å²) in [5.41, 5.74) is 0.848. The van der Waals surface area contributed by atoms with Crippen LogP contribution in [-0.2, 0) is 4.79 Å². The maximum atomic E-state index is 12.3. The second-order valence-corrected chi connectivity index (χ2v) is 4.89. The number of hydrogen-bond acceptors (Lipinski definition) is 5. The van der Waals surface area contributed by atoms with E-state index in [2.05, 4.69) is 15.4 Å². The molecule has 0 bridgehead atoms. The Morgan fingerprint density at radius 2 is 2.05 bits per heavy atom. The summed E-state index contributed by atoms with van der Waals surface area (Å²) in [4.78, 5) is 16.2. The van der Waals surface area contributed by atoms with Crippen LogP contribution in [0.4, 0.5) is 0 Å². The van der Waals surface area contributed by atoms with Gasteiger partial charge < -0.3 is 14.8 Å². The van der Waals surface area contributed by atoms with E-state index in [-0.39, 0.29) is 11.9 Å². The zero-order chi connectivity index (χ0) is 16.1. The number of aromatic nitrogens is 3. The van der Waals surface area contributed by atoms with Crippen molar-refractivity contribution in [3.05, 3.63) is 36.4 Å². The molecule has 0 unspecified atom stereocenters. The van der Waals surface area contributed by atoms with E-state index in [0.717, 1.165) is 5.56 Å². The minimum Gasteiger partial charge on any atom is -0.497 e. The highest BCUT2D eigenvalue weighted by Crippen LogP contribution is 2.29. The number of amides is 1. The number of ether oxygens (including phenoxy) is 2. The summed E-state index contributed by atoms with van der Waals surface area (Å²) >= 11 is 0. The van der Waals surface area contributed by atoms with Crippen molar-refractivity contribution >= 4 is 5.91 Å². The topological polar surface area (TPSA) is 78.3 Å². The molecule has 0 aliphatic rings. The first kappa shape index (κ1) is 15.8. The summed E-state index contributed by atoms with van der Waals surface area (Å²) in [7, 11) is 3.19. The number of carbonyl (C=O) groups excluding carboxylic acids is 1. The van der Waals surface area contributed by atoms with E-state index in [4.69, 9.17) is 9.47 Å². The second kappa shape index (κ2) is 6.93. The normalized spacial score (nSPS) is 13.3. The van der Waals surface area contributed by atoms with Crippen LogP contribution in [0, 0.1) is 0 Å². The molecule has 1 aromatic heterocycles. The molecule has 22 heavy (non-hydrogen) atoms. The smallest absolute Gasteiger partial charge is 0.245 e. The molecule has 1 amide bonds. The summed E-state index contributed by atoms with van der Waals surface area (Å²) in [6, 6.07) is 4.81. The van der Waals surface area contributed by atoms with Crippen molar-refractivity contribution in [2.24, 2.45) is 0 Å². The number of nitrogens with zero attached hydrogens (tertiary/aromatic N) is 3. The summed E-state index contributed by atoms with van der Waals surface area (Å²) in [6.07, 6.45) is 2.92. The van der Waals surface area contributed by atoms with Gasteiger partial charge in [0.25, 0.3) is 0 Å². The number of hydrogen-bond donors (Lipinski definition) is 1. The van der Waals surface area contributed by atoms with Crippen LogP contribution in [0.5, 0.6) is 11.5 Å². The molecule has 1 aromatic carbocycles. The molecule has 118 valence electrons. The van der Waals surface area contributed by atoms with Gasteiger partial charge in [-0.3, -0.25) is 4.79 Å². The second-order valence-electron chi connectivity index (χ2n) is 4.89. The van der Waals surface area contributed by atoms with Gasteiger partial charge in [-0.25, -0.2) is 9.67 Å². The Labute approximate surface area is 129 Å². The monoisotopic (exact) mass is 304 g/mol.